The Kier molecular flexibility index (Phi) is 4.82. The molecule has 0 radical (unpaired) electrons. The van der Waals surface area contributed by atoms with Crippen molar-refractivity contribution in [2.75, 3.05) is 19.7 Å². The lowest BCUT2D eigenvalue weighted by Crippen LogP contribution is -2.46. The van der Waals surface area contributed by atoms with Crippen molar-refractivity contribution in [3.63, 3.8) is 0 Å². The molecule has 3 rings (SSSR count). The highest BCUT2D eigenvalue weighted by atomic mass is 35.5. The summed E-state index contributed by atoms with van der Waals surface area (Å²) < 4.78 is 6.98. The van der Waals surface area contributed by atoms with Gasteiger partial charge >= 0.3 is 5.97 Å². The van der Waals surface area contributed by atoms with Crippen LogP contribution in [0.2, 0.25) is 5.02 Å². The molecule has 8 heteroatoms. The number of halogens is 1. The molecular weight excluding hydrogens is 334 g/mol. The maximum Gasteiger partial charge on any atom is 0.306 e. The van der Waals surface area contributed by atoms with E-state index in [-0.39, 0.29) is 18.9 Å². The van der Waals surface area contributed by atoms with Crippen LogP contribution in [-0.2, 0) is 9.53 Å². The third-order valence-corrected chi connectivity index (χ3v) is 4.00. The third kappa shape index (κ3) is 3.74. The summed E-state index contributed by atoms with van der Waals surface area (Å²) >= 11 is 5.86. The molecule has 1 atom stereocenters. The van der Waals surface area contributed by atoms with Crippen LogP contribution < -0.4 is 0 Å². The van der Waals surface area contributed by atoms with E-state index < -0.39 is 12.1 Å². The van der Waals surface area contributed by atoms with Crippen LogP contribution in [0.1, 0.15) is 16.8 Å². The summed E-state index contributed by atoms with van der Waals surface area (Å²) in [5.74, 6) is -1.13. The van der Waals surface area contributed by atoms with Crippen LogP contribution in [0.3, 0.4) is 0 Å². The number of rotatable bonds is 4. The molecule has 1 aliphatic rings. The van der Waals surface area contributed by atoms with Gasteiger partial charge in [-0.3, -0.25) is 9.59 Å². The number of ether oxygens (including phenoxy) is 1. The first-order chi connectivity index (χ1) is 11.5. The van der Waals surface area contributed by atoms with Crippen molar-refractivity contribution in [2.45, 2.75) is 12.5 Å². The molecular formula is C16H16ClN3O4. The van der Waals surface area contributed by atoms with E-state index in [2.05, 4.69) is 5.10 Å². The first kappa shape index (κ1) is 16.5. The van der Waals surface area contributed by atoms with Crippen molar-refractivity contribution in [3.05, 3.63) is 47.2 Å². The summed E-state index contributed by atoms with van der Waals surface area (Å²) in [5.41, 5.74) is 1.24. The molecule has 1 aromatic carbocycles. The zero-order chi connectivity index (χ0) is 17.1. The third-order valence-electron chi connectivity index (χ3n) is 3.75. The molecule has 0 spiro atoms. The largest absolute Gasteiger partial charge is 0.481 e. The van der Waals surface area contributed by atoms with E-state index in [1.807, 2.05) is 0 Å². The van der Waals surface area contributed by atoms with Crippen molar-refractivity contribution in [1.82, 2.24) is 14.7 Å². The van der Waals surface area contributed by atoms with Gasteiger partial charge in [0.15, 0.2) is 0 Å². The first-order valence-electron chi connectivity index (χ1n) is 7.46. The van der Waals surface area contributed by atoms with Gasteiger partial charge in [-0.15, -0.1) is 0 Å². The summed E-state index contributed by atoms with van der Waals surface area (Å²) in [5, 5.41) is 13.7. The van der Waals surface area contributed by atoms with E-state index in [0.29, 0.717) is 23.7 Å². The van der Waals surface area contributed by atoms with E-state index in [9.17, 15) is 9.59 Å². The summed E-state index contributed by atoms with van der Waals surface area (Å²) in [7, 11) is 0. The molecule has 1 saturated heterocycles. The van der Waals surface area contributed by atoms with Gasteiger partial charge in [-0.05, 0) is 24.3 Å². The second kappa shape index (κ2) is 7.02. The fraction of sp³-hybridized carbons (Fsp3) is 0.312. The van der Waals surface area contributed by atoms with Gasteiger partial charge in [0.1, 0.15) is 0 Å². The summed E-state index contributed by atoms with van der Waals surface area (Å²) in [6.45, 7) is 1.02. The number of aliphatic carboxylic acids is 1. The second-order valence-electron chi connectivity index (χ2n) is 5.49. The molecule has 0 aliphatic carbocycles. The minimum atomic E-state index is -0.940. The second-order valence-corrected chi connectivity index (χ2v) is 5.93. The van der Waals surface area contributed by atoms with Gasteiger partial charge in [-0.25, -0.2) is 4.68 Å². The number of nitrogens with zero attached hydrogens (tertiary/aromatic N) is 3. The number of carboxylic acids is 1. The Hall–Kier alpha value is -2.38. The topological polar surface area (TPSA) is 84.7 Å². The average Bonchev–Trinajstić information content (AvgIpc) is 3.04. The Labute approximate surface area is 143 Å². The van der Waals surface area contributed by atoms with Gasteiger partial charge in [0.2, 0.25) is 0 Å². The van der Waals surface area contributed by atoms with Crippen LogP contribution in [-0.4, -0.2) is 57.5 Å². The Morgan fingerprint density at radius 2 is 2.08 bits per heavy atom. The van der Waals surface area contributed by atoms with Crippen molar-refractivity contribution < 1.29 is 19.4 Å². The van der Waals surface area contributed by atoms with Crippen LogP contribution in [0.4, 0.5) is 0 Å². The number of amides is 1. The number of hydrogen-bond acceptors (Lipinski definition) is 4. The van der Waals surface area contributed by atoms with E-state index in [4.69, 9.17) is 21.4 Å². The molecule has 1 fully saturated rings. The molecule has 0 bridgehead atoms. The fourth-order valence-electron chi connectivity index (χ4n) is 2.57. The van der Waals surface area contributed by atoms with E-state index in [1.54, 1.807) is 40.0 Å². The lowest BCUT2D eigenvalue weighted by molar-refractivity contribution is -0.141. The van der Waals surface area contributed by atoms with Crippen LogP contribution >= 0.6 is 11.6 Å². The molecule has 126 valence electrons. The molecule has 24 heavy (non-hydrogen) atoms. The summed E-state index contributed by atoms with van der Waals surface area (Å²) in [4.78, 5) is 25.0. The SMILES string of the molecule is O=C(O)C[C@H]1CN(C(=O)c2cnn(-c3ccc(Cl)cc3)c2)CCO1. The van der Waals surface area contributed by atoms with Crippen LogP contribution in [0.15, 0.2) is 36.7 Å². The zero-order valence-corrected chi connectivity index (χ0v) is 13.5. The molecule has 1 aromatic heterocycles. The fourth-order valence-corrected chi connectivity index (χ4v) is 2.70. The molecule has 2 aromatic rings. The molecule has 7 nitrogen and oxygen atoms in total. The predicted octanol–water partition coefficient (Wildman–Crippen LogP) is 1.84. The maximum absolute atomic E-state index is 12.6. The lowest BCUT2D eigenvalue weighted by Gasteiger charge is -2.32. The van der Waals surface area contributed by atoms with E-state index >= 15 is 0 Å². The van der Waals surface area contributed by atoms with Crippen molar-refractivity contribution in [1.29, 1.82) is 0 Å². The molecule has 1 aliphatic heterocycles. The Morgan fingerprint density at radius 3 is 2.79 bits per heavy atom. The number of hydrogen-bond donors (Lipinski definition) is 1. The number of carbonyl (C=O) groups excluding carboxylic acids is 1. The Balaban J connectivity index is 1.71. The standard InChI is InChI=1S/C16H16ClN3O4/c17-12-1-3-13(4-2-12)20-9-11(8-18-20)16(23)19-5-6-24-14(10-19)7-15(21)22/h1-4,8-9,14H,5-7,10H2,(H,21,22)/t14-/m0/s1. The number of aromatic nitrogens is 2. The van der Waals surface area contributed by atoms with Crippen LogP contribution in [0.5, 0.6) is 0 Å². The van der Waals surface area contributed by atoms with Gasteiger partial charge in [0.25, 0.3) is 5.91 Å². The maximum atomic E-state index is 12.6. The van der Waals surface area contributed by atoms with Crippen molar-refractivity contribution in [2.24, 2.45) is 0 Å². The molecule has 1 amide bonds. The highest BCUT2D eigenvalue weighted by molar-refractivity contribution is 6.30. The number of carboxylic acid groups (broad SMARTS) is 1. The number of morpholine rings is 1. The molecule has 1 N–H and O–H groups in total. The monoisotopic (exact) mass is 349 g/mol. The smallest absolute Gasteiger partial charge is 0.306 e. The van der Waals surface area contributed by atoms with Crippen molar-refractivity contribution in [3.8, 4) is 5.69 Å². The van der Waals surface area contributed by atoms with Gasteiger partial charge in [0.05, 0.1) is 36.6 Å². The minimum Gasteiger partial charge on any atom is -0.481 e. The van der Waals surface area contributed by atoms with E-state index in [0.717, 1.165) is 5.69 Å². The quantitative estimate of drug-likeness (QED) is 0.910. The van der Waals surface area contributed by atoms with Gasteiger partial charge < -0.3 is 14.7 Å². The summed E-state index contributed by atoms with van der Waals surface area (Å²) in [6.07, 6.45) is 2.55. The van der Waals surface area contributed by atoms with Gasteiger partial charge in [-0.1, -0.05) is 11.6 Å². The molecule has 2 heterocycles. The van der Waals surface area contributed by atoms with Gasteiger partial charge in [0, 0.05) is 24.3 Å². The van der Waals surface area contributed by atoms with Crippen molar-refractivity contribution >= 4 is 23.5 Å². The molecule has 0 saturated carbocycles. The molecule has 0 unspecified atom stereocenters. The summed E-state index contributed by atoms with van der Waals surface area (Å²) in [6, 6.07) is 7.11. The highest BCUT2D eigenvalue weighted by Crippen LogP contribution is 2.16. The number of benzene rings is 1. The lowest BCUT2D eigenvalue weighted by atomic mass is 10.2. The Bertz CT molecular complexity index is 744. The zero-order valence-electron chi connectivity index (χ0n) is 12.8. The van der Waals surface area contributed by atoms with E-state index in [1.165, 1.54) is 6.20 Å². The first-order valence-corrected chi connectivity index (χ1v) is 7.84. The highest BCUT2D eigenvalue weighted by Gasteiger charge is 2.27. The predicted molar refractivity (Wildman–Crippen MR) is 86.5 cm³/mol. The number of carbonyl (C=O) groups is 2. The van der Waals surface area contributed by atoms with Crippen LogP contribution in [0.25, 0.3) is 5.69 Å². The van der Waals surface area contributed by atoms with Gasteiger partial charge in [-0.2, -0.15) is 5.10 Å². The normalized spacial score (nSPS) is 17.7. The average molecular weight is 350 g/mol. The Morgan fingerprint density at radius 1 is 1.33 bits per heavy atom. The minimum absolute atomic E-state index is 0.117. The van der Waals surface area contributed by atoms with Crippen LogP contribution in [0, 0.1) is 0 Å².